The Labute approximate surface area is 114 Å². The standard InChI is InChI=1S/C14H22N4O/c1-11(2)5-6-14-13(7-8-15)16-17-18(14)10-12-4-3-9-19-12/h11-12H,3-7,9-10H2,1-2H3. The van der Waals surface area contributed by atoms with Crippen LogP contribution in [0.15, 0.2) is 0 Å². The van der Waals surface area contributed by atoms with Crippen LogP contribution in [0.3, 0.4) is 0 Å². The maximum atomic E-state index is 8.86. The lowest BCUT2D eigenvalue weighted by molar-refractivity contribution is 0.0926. The highest BCUT2D eigenvalue weighted by molar-refractivity contribution is 5.14. The third-order valence-corrected chi connectivity index (χ3v) is 3.52. The summed E-state index contributed by atoms with van der Waals surface area (Å²) >= 11 is 0. The zero-order valence-corrected chi connectivity index (χ0v) is 11.8. The topological polar surface area (TPSA) is 63.7 Å². The minimum absolute atomic E-state index is 0.259. The van der Waals surface area contributed by atoms with Crippen molar-refractivity contribution >= 4 is 0 Å². The molecule has 0 aliphatic carbocycles. The van der Waals surface area contributed by atoms with Gasteiger partial charge in [-0.15, -0.1) is 5.10 Å². The molecule has 0 aromatic carbocycles. The van der Waals surface area contributed by atoms with E-state index in [9.17, 15) is 0 Å². The Kier molecular flexibility index (Phi) is 4.92. The van der Waals surface area contributed by atoms with Gasteiger partial charge in [-0.25, -0.2) is 4.68 Å². The van der Waals surface area contributed by atoms with Crippen LogP contribution >= 0.6 is 0 Å². The summed E-state index contributed by atoms with van der Waals surface area (Å²) in [6, 6.07) is 2.17. The summed E-state index contributed by atoms with van der Waals surface area (Å²) in [4.78, 5) is 0. The Morgan fingerprint density at radius 3 is 3.00 bits per heavy atom. The number of aromatic nitrogens is 3. The van der Waals surface area contributed by atoms with Crippen molar-refractivity contribution in [3.05, 3.63) is 11.4 Å². The van der Waals surface area contributed by atoms with E-state index >= 15 is 0 Å². The van der Waals surface area contributed by atoms with Gasteiger partial charge in [-0.05, 0) is 31.6 Å². The van der Waals surface area contributed by atoms with Crippen molar-refractivity contribution in [3.63, 3.8) is 0 Å². The molecule has 1 aliphatic heterocycles. The molecule has 0 saturated carbocycles. The molecular formula is C14H22N4O. The zero-order chi connectivity index (χ0) is 13.7. The Balaban J connectivity index is 2.09. The van der Waals surface area contributed by atoms with Crippen LogP contribution < -0.4 is 0 Å². The maximum Gasteiger partial charge on any atom is 0.0999 e. The molecule has 1 aromatic heterocycles. The molecule has 19 heavy (non-hydrogen) atoms. The van der Waals surface area contributed by atoms with Gasteiger partial charge in [-0.3, -0.25) is 0 Å². The van der Waals surface area contributed by atoms with Crippen molar-refractivity contribution in [2.24, 2.45) is 5.92 Å². The highest BCUT2D eigenvalue weighted by Gasteiger charge is 2.20. The van der Waals surface area contributed by atoms with Gasteiger partial charge in [-0.2, -0.15) is 5.26 Å². The normalized spacial score (nSPS) is 18.9. The first-order chi connectivity index (χ1) is 9.20. The minimum atomic E-state index is 0.259. The van der Waals surface area contributed by atoms with E-state index in [1.807, 2.05) is 4.68 Å². The molecule has 5 nitrogen and oxygen atoms in total. The number of hydrogen-bond acceptors (Lipinski definition) is 4. The van der Waals surface area contributed by atoms with Crippen LogP contribution in [0, 0.1) is 17.2 Å². The number of rotatable bonds is 6. The van der Waals surface area contributed by atoms with Crippen molar-refractivity contribution in [1.29, 1.82) is 5.26 Å². The molecule has 0 bridgehead atoms. The molecule has 1 saturated heterocycles. The average Bonchev–Trinajstić information content (AvgIpc) is 2.99. The minimum Gasteiger partial charge on any atom is -0.376 e. The number of nitriles is 1. The van der Waals surface area contributed by atoms with Gasteiger partial charge in [0, 0.05) is 6.61 Å². The molecule has 0 spiro atoms. The van der Waals surface area contributed by atoms with Gasteiger partial charge in [0.2, 0.25) is 0 Å². The van der Waals surface area contributed by atoms with E-state index < -0.39 is 0 Å². The first-order valence-electron chi connectivity index (χ1n) is 7.10. The van der Waals surface area contributed by atoms with Gasteiger partial charge in [-0.1, -0.05) is 19.1 Å². The molecule has 2 heterocycles. The fourth-order valence-corrected chi connectivity index (χ4v) is 2.41. The smallest absolute Gasteiger partial charge is 0.0999 e. The molecule has 1 aromatic rings. The lowest BCUT2D eigenvalue weighted by atomic mass is 10.0. The first-order valence-corrected chi connectivity index (χ1v) is 7.10. The van der Waals surface area contributed by atoms with Crippen LogP contribution in [-0.2, 0) is 24.1 Å². The van der Waals surface area contributed by atoms with E-state index in [2.05, 4.69) is 30.2 Å². The molecule has 2 rings (SSSR count). The molecule has 1 aliphatic rings. The summed E-state index contributed by atoms with van der Waals surface area (Å²) < 4.78 is 7.60. The second kappa shape index (κ2) is 6.67. The van der Waals surface area contributed by atoms with E-state index in [0.717, 1.165) is 50.2 Å². The average molecular weight is 262 g/mol. The van der Waals surface area contributed by atoms with Gasteiger partial charge in [0.1, 0.15) is 0 Å². The fraction of sp³-hybridized carbons (Fsp3) is 0.786. The molecule has 1 fully saturated rings. The van der Waals surface area contributed by atoms with Crippen LogP contribution in [0.4, 0.5) is 0 Å². The molecule has 0 N–H and O–H groups in total. The summed E-state index contributed by atoms with van der Waals surface area (Å²) in [5, 5.41) is 17.2. The third-order valence-electron chi connectivity index (χ3n) is 3.52. The van der Waals surface area contributed by atoms with Crippen LogP contribution in [0.1, 0.15) is 44.5 Å². The molecule has 104 valence electrons. The second-order valence-electron chi connectivity index (χ2n) is 5.57. The van der Waals surface area contributed by atoms with Crippen molar-refractivity contribution in [1.82, 2.24) is 15.0 Å². The van der Waals surface area contributed by atoms with Crippen LogP contribution in [0.2, 0.25) is 0 Å². The third kappa shape index (κ3) is 3.77. The van der Waals surface area contributed by atoms with Crippen molar-refractivity contribution < 1.29 is 4.74 Å². The first kappa shape index (κ1) is 14.0. The predicted molar refractivity (Wildman–Crippen MR) is 71.5 cm³/mol. The SMILES string of the molecule is CC(C)CCc1c(CC#N)nnn1CC1CCCO1. The van der Waals surface area contributed by atoms with Gasteiger partial charge >= 0.3 is 0 Å². The highest BCUT2D eigenvalue weighted by atomic mass is 16.5. The lowest BCUT2D eigenvalue weighted by Crippen LogP contribution is -2.18. The molecule has 5 heteroatoms. The summed E-state index contributed by atoms with van der Waals surface area (Å²) in [6.07, 6.45) is 4.86. The van der Waals surface area contributed by atoms with Gasteiger partial charge in [0.25, 0.3) is 0 Å². The Morgan fingerprint density at radius 1 is 1.53 bits per heavy atom. The summed E-state index contributed by atoms with van der Waals surface area (Å²) in [6.45, 7) is 6.04. The van der Waals surface area contributed by atoms with E-state index in [0.29, 0.717) is 12.3 Å². The zero-order valence-electron chi connectivity index (χ0n) is 11.8. The van der Waals surface area contributed by atoms with E-state index in [1.54, 1.807) is 0 Å². The van der Waals surface area contributed by atoms with E-state index in [4.69, 9.17) is 10.00 Å². The molecule has 1 unspecified atom stereocenters. The Morgan fingerprint density at radius 2 is 2.37 bits per heavy atom. The van der Waals surface area contributed by atoms with E-state index in [-0.39, 0.29) is 6.10 Å². The summed E-state index contributed by atoms with van der Waals surface area (Å²) in [7, 11) is 0. The Bertz CT molecular complexity index is 441. The van der Waals surface area contributed by atoms with Crippen molar-refractivity contribution in [3.8, 4) is 6.07 Å². The molecule has 0 amide bonds. The van der Waals surface area contributed by atoms with E-state index in [1.165, 1.54) is 0 Å². The van der Waals surface area contributed by atoms with Crippen molar-refractivity contribution in [2.45, 2.75) is 58.6 Å². The largest absolute Gasteiger partial charge is 0.376 e. The number of ether oxygens (including phenoxy) is 1. The number of nitrogens with zero attached hydrogens (tertiary/aromatic N) is 4. The van der Waals surface area contributed by atoms with Crippen LogP contribution in [-0.4, -0.2) is 27.7 Å². The van der Waals surface area contributed by atoms with Gasteiger partial charge < -0.3 is 4.74 Å². The Hall–Kier alpha value is -1.41. The van der Waals surface area contributed by atoms with Crippen LogP contribution in [0.5, 0.6) is 0 Å². The maximum absolute atomic E-state index is 8.86. The second-order valence-corrected chi connectivity index (χ2v) is 5.57. The molecule has 1 atom stereocenters. The molecule has 0 radical (unpaired) electrons. The number of hydrogen-bond donors (Lipinski definition) is 0. The van der Waals surface area contributed by atoms with Crippen LogP contribution in [0.25, 0.3) is 0 Å². The van der Waals surface area contributed by atoms with Gasteiger partial charge in [0.15, 0.2) is 0 Å². The summed E-state index contributed by atoms with van der Waals surface area (Å²) in [5.41, 5.74) is 1.95. The lowest BCUT2D eigenvalue weighted by Gasteiger charge is -2.12. The monoisotopic (exact) mass is 262 g/mol. The predicted octanol–water partition coefficient (Wildman–Crippen LogP) is 2.11. The van der Waals surface area contributed by atoms with Gasteiger partial charge in [0.05, 0.1) is 36.5 Å². The van der Waals surface area contributed by atoms with Crippen molar-refractivity contribution in [2.75, 3.05) is 6.61 Å². The summed E-state index contributed by atoms with van der Waals surface area (Å²) in [5.74, 6) is 0.640. The molecular weight excluding hydrogens is 240 g/mol. The fourth-order valence-electron chi connectivity index (χ4n) is 2.41. The highest BCUT2D eigenvalue weighted by Crippen LogP contribution is 2.17. The quantitative estimate of drug-likeness (QED) is 0.787.